The third-order valence-corrected chi connectivity index (χ3v) is 2.53. The topological polar surface area (TPSA) is 27.7 Å². The van der Waals surface area contributed by atoms with E-state index in [0.29, 0.717) is 0 Å². The molecule has 1 aromatic rings. The molecule has 0 atom stereocenters. The van der Waals surface area contributed by atoms with E-state index in [1.165, 1.54) is 21.3 Å². The van der Waals surface area contributed by atoms with Crippen molar-refractivity contribution in [2.75, 3.05) is 21.3 Å². The van der Waals surface area contributed by atoms with Gasteiger partial charge in [0.15, 0.2) is 0 Å². The maximum atomic E-state index is 5.20. The van der Waals surface area contributed by atoms with E-state index >= 15 is 0 Å². The van der Waals surface area contributed by atoms with Crippen LogP contribution in [-0.2, 0) is 20.2 Å². The molecule has 0 unspecified atom stereocenters. The first-order valence-corrected chi connectivity index (χ1v) is 4.89. The van der Waals surface area contributed by atoms with Crippen molar-refractivity contribution in [1.29, 1.82) is 0 Å². The van der Waals surface area contributed by atoms with Crippen molar-refractivity contribution in [3.05, 3.63) is 34.3 Å². The van der Waals surface area contributed by atoms with E-state index in [1.54, 1.807) is 0 Å². The molecule has 0 aliphatic heterocycles. The predicted octanol–water partition coefficient (Wildman–Crippen LogP) is 2.50. The Hall–Kier alpha value is -0.420. The van der Waals surface area contributed by atoms with Crippen molar-refractivity contribution in [3.8, 4) is 0 Å². The molecule has 0 spiro atoms. The van der Waals surface area contributed by atoms with Gasteiger partial charge in [0.05, 0.1) is 0 Å². The fourth-order valence-electron chi connectivity index (χ4n) is 1.26. The normalized spacial score (nSPS) is 11.7. The fraction of sp³-hybridized carbons (Fsp3) is 0.400. The molecule has 1 rings (SSSR count). The zero-order chi connectivity index (χ0) is 10.6. The van der Waals surface area contributed by atoms with Crippen molar-refractivity contribution in [2.24, 2.45) is 0 Å². The van der Waals surface area contributed by atoms with Gasteiger partial charge < -0.3 is 14.2 Å². The quantitative estimate of drug-likeness (QED) is 0.779. The molecular weight excluding hydrogens is 248 g/mol. The third-order valence-electron chi connectivity index (χ3n) is 2.00. The van der Waals surface area contributed by atoms with E-state index in [2.05, 4.69) is 15.9 Å². The van der Waals surface area contributed by atoms with Gasteiger partial charge in [0, 0.05) is 31.4 Å². The Kier molecular flexibility index (Phi) is 4.07. The van der Waals surface area contributed by atoms with E-state index in [-0.39, 0.29) is 0 Å². The van der Waals surface area contributed by atoms with Crippen molar-refractivity contribution >= 4 is 15.9 Å². The summed E-state index contributed by atoms with van der Waals surface area (Å²) in [5.41, 5.74) is 0.813. The number of hydrogen-bond acceptors (Lipinski definition) is 3. The minimum Gasteiger partial charge on any atom is -0.327 e. The lowest BCUT2D eigenvalue weighted by Crippen LogP contribution is -2.32. The molecule has 0 aromatic heterocycles. The Morgan fingerprint density at radius 2 is 1.36 bits per heavy atom. The third kappa shape index (κ3) is 2.15. The van der Waals surface area contributed by atoms with Gasteiger partial charge in [-0.3, -0.25) is 0 Å². The average molecular weight is 261 g/mol. The highest BCUT2D eigenvalue weighted by atomic mass is 79.9. The van der Waals surface area contributed by atoms with Gasteiger partial charge in [0.1, 0.15) is 0 Å². The van der Waals surface area contributed by atoms with Crippen molar-refractivity contribution in [2.45, 2.75) is 5.97 Å². The van der Waals surface area contributed by atoms with Crippen LogP contribution in [0.2, 0.25) is 0 Å². The first-order chi connectivity index (χ1) is 6.68. The van der Waals surface area contributed by atoms with Crippen LogP contribution in [0.4, 0.5) is 0 Å². The molecule has 3 nitrogen and oxygen atoms in total. The molecule has 0 radical (unpaired) electrons. The molecule has 0 saturated heterocycles. The van der Waals surface area contributed by atoms with Gasteiger partial charge >= 0.3 is 5.97 Å². The van der Waals surface area contributed by atoms with Gasteiger partial charge in [-0.15, -0.1) is 0 Å². The molecular formula is C10H13BrO3. The molecule has 0 aliphatic carbocycles. The Labute approximate surface area is 92.1 Å². The lowest BCUT2D eigenvalue weighted by atomic mass is 10.2. The fourth-order valence-corrected chi connectivity index (χ4v) is 1.52. The second-order valence-electron chi connectivity index (χ2n) is 2.68. The SMILES string of the molecule is COC(OC)(OC)c1ccc(Br)cc1. The van der Waals surface area contributed by atoms with Crippen LogP contribution in [-0.4, -0.2) is 21.3 Å². The van der Waals surface area contributed by atoms with Crippen molar-refractivity contribution < 1.29 is 14.2 Å². The number of ether oxygens (including phenoxy) is 3. The predicted molar refractivity (Wildman–Crippen MR) is 56.8 cm³/mol. The zero-order valence-electron chi connectivity index (χ0n) is 8.41. The average Bonchev–Trinajstić information content (AvgIpc) is 2.24. The second-order valence-corrected chi connectivity index (χ2v) is 3.59. The van der Waals surface area contributed by atoms with Gasteiger partial charge in [-0.25, -0.2) is 0 Å². The summed E-state index contributed by atoms with van der Waals surface area (Å²) in [4.78, 5) is 0. The van der Waals surface area contributed by atoms with Crippen LogP contribution in [0.25, 0.3) is 0 Å². The Balaban J connectivity index is 3.05. The Morgan fingerprint density at radius 3 is 1.71 bits per heavy atom. The van der Waals surface area contributed by atoms with Crippen LogP contribution in [0.5, 0.6) is 0 Å². The molecule has 0 saturated carbocycles. The van der Waals surface area contributed by atoms with Gasteiger partial charge in [-0.05, 0) is 24.3 Å². The summed E-state index contributed by atoms with van der Waals surface area (Å²) in [6.45, 7) is 0. The standard InChI is InChI=1S/C10H13BrO3/c1-12-10(13-2,14-3)8-4-6-9(11)7-5-8/h4-7H,1-3H3. The van der Waals surface area contributed by atoms with E-state index in [1.807, 2.05) is 24.3 Å². The summed E-state index contributed by atoms with van der Waals surface area (Å²) in [6.07, 6.45) is 0. The van der Waals surface area contributed by atoms with Gasteiger partial charge in [-0.2, -0.15) is 0 Å². The van der Waals surface area contributed by atoms with Gasteiger partial charge in [0.2, 0.25) is 0 Å². The molecule has 0 N–H and O–H groups in total. The highest BCUT2D eigenvalue weighted by Crippen LogP contribution is 2.27. The molecule has 0 amide bonds. The Morgan fingerprint density at radius 1 is 0.929 bits per heavy atom. The van der Waals surface area contributed by atoms with Crippen LogP contribution < -0.4 is 0 Å². The highest BCUT2D eigenvalue weighted by molar-refractivity contribution is 9.10. The summed E-state index contributed by atoms with van der Waals surface area (Å²) >= 11 is 3.36. The number of methoxy groups -OCH3 is 3. The largest absolute Gasteiger partial charge is 0.327 e. The number of hydrogen-bond donors (Lipinski definition) is 0. The number of rotatable bonds is 4. The maximum absolute atomic E-state index is 5.20. The smallest absolute Gasteiger partial charge is 0.311 e. The van der Waals surface area contributed by atoms with Crippen molar-refractivity contribution in [1.82, 2.24) is 0 Å². The molecule has 4 heteroatoms. The summed E-state index contributed by atoms with van der Waals surface area (Å²) < 4.78 is 16.6. The molecule has 0 aliphatic rings. The van der Waals surface area contributed by atoms with Gasteiger partial charge in [0.25, 0.3) is 0 Å². The first kappa shape index (κ1) is 11.7. The van der Waals surface area contributed by atoms with Crippen LogP contribution in [0, 0.1) is 0 Å². The lowest BCUT2D eigenvalue weighted by Gasteiger charge is -2.28. The summed E-state index contributed by atoms with van der Waals surface area (Å²) in [7, 11) is 4.61. The van der Waals surface area contributed by atoms with E-state index < -0.39 is 5.97 Å². The van der Waals surface area contributed by atoms with E-state index in [9.17, 15) is 0 Å². The van der Waals surface area contributed by atoms with Crippen LogP contribution in [0.3, 0.4) is 0 Å². The van der Waals surface area contributed by atoms with E-state index in [0.717, 1.165) is 10.0 Å². The van der Waals surface area contributed by atoms with Crippen LogP contribution >= 0.6 is 15.9 Å². The number of halogens is 1. The molecule has 1 aromatic carbocycles. The molecule has 0 bridgehead atoms. The maximum Gasteiger partial charge on any atom is 0.311 e. The van der Waals surface area contributed by atoms with E-state index in [4.69, 9.17) is 14.2 Å². The van der Waals surface area contributed by atoms with Crippen LogP contribution in [0.1, 0.15) is 5.56 Å². The lowest BCUT2D eigenvalue weighted by molar-refractivity contribution is -0.364. The monoisotopic (exact) mass is 260 g/mol. The molecule has 0 heterocycles. The minimum atomic E-state index is -1.11. The van der Waals surface area contributed by atoms with Crippen molar-refractivity contribution in [3.63, 3.8) is 0 Å². The number of benzene rings is 1. The molecule has 14 heavy (non-hydrogen) atoms. The summed E-state index contributed by atoms with van der Waals surface area (Å²) in [6, 6.07) is 7.56. The minimum absolute atomic E-state index is 0.813. The molecule has 78 valence electrons. The summed E-state index contributed by atoms with van der Waals surface area (Å²) in [5, 5.41) is 0. The second kappa shape index (κ2) is 4.89. The summed E-state index contributed by atoms with van der Waals surface area (Å²) in [5.74, 6) is -1.11. The van der Waals surface area contributed by atoms with Gasteiger partial charge in [-0.1, -0.05) is 15.9 Å². The zero-order valence-corrected chi connectivity index (χ0v) is 10.00. The van der Waals surface area contributed by atoms with Crippen LogP contribution in [0.15, 0.2) is 28.7 Å². The first-order valence-electron chi connectivity index (χ1n) is 4.10. The Bertz CT molecular complexity index is 272. The molecule has 0 fully saturated rings. The highest BCUT2D eigenvalue weighted by Gasteiger charge is 2.31.